The number of hydrogen-bond donors (Lipinski definition) is 20. The number of carbonyl (C=O) groups excluding carboxylic acids is 9. The number of aliphatic hydroxyl groups excluding tert-OH is 1. The highest BCUT2D eigenvalue weighted by Crippen LogP contribution is 2.14. The lowest BCUT2D eigenvalue weighted by atomic mass is 9.96. The summed E-state index contributed by atoms with van der Waals surface area (Å²) in [7, 11) is 0. The van der Waals surface area contributed by atoms with Crippen molar-refractivity contribution >= 4 is 101 Å². The summed E-state index contributed by atoms with van der Waals surface area (Å²) in [5.41, 5.74) is 33.2. The molecule has 0 fully saturated rings. The number of unbranched alkanes of at least 4 members (excludes halogenated alkanes) is 1. The standard InChI is InChI=1S/C53H95N17O18S/c1-6-28(4)41(50(86)66-33(15-18-39(74)75)46(82)62-31(13-10-23-61-53(58)59)44(80)67-35(51(87)88)20-24-89-5)70-47(83)34(16-19-40(76)77)65-45(81)32(14-17-38(72)73)64-43(79)30(12-7-8-21-54)63-49(85)37(26-71)69-48(84)36(25-27(2)3)68-42(78)29(55)11-9-22-60-52(56)57/h27-37,41,71H,6-26,54-55H2,1-5H3,(H,62,82)(H,63,85)(H,64,79)(H,65,81)(H,66,86)(H,67,80)(H,68,78)(H,69,84)(H,70,83)(H,72,73)(H,74,75)(H,76,77)(H,87,88)(H4,56,57,60)(H4,58,59,61)/t28-,29-,30-,31-,32-,33-,34-,35-,36-,37-,41-/m0/s1. The van der Waals surface area contributed by atoms with Crippen LogP contribution in [-0.4, -0.2) is 213 Å². The molecule has 11 atom stereocenters. The number of thioether (sulfide) groups is 1. The predicted octanol–water partition coefficient (Wildman–Crippen LogP) is -5.57. The van der Waals surface area contributed by atoms with Gasteiger partial charge in [0.05, 0.1) is 12.6 Å². The Kier molecular flexibility index (Phi) is 40.3. The van der Waals surface area contributed by atoms with Crippen molar-refractivity contribution in [3.05, 3.63) is 0 Å². The largest absolute Gasteiger partial charge is 0.481 e. The quantitative estimate of drug-likeness (QED) is 0.0153. The number of rotatable bonds is 48. The lowest BCUT2D eigenvalue weighted by molar-refractivity contribution is -0.142. The van der Waals surface area contributed by atoms with E-state index < -0.39 is 189 Å². The number of carboxylic acid groups (broad SMARTS) is 4. The van der Waals surface area contributed by atoms with Crippen molar-refractivity contribution in [2.75, 3.05) is 38.2 Å². The summed E-state index contributed by atoms with van der Waals surface area (Å²) in [4.78, 5) is 180. The molecular weight excluding hydrogens is 1190 g/mol. The number of aliphatic imine (C=N–C) groups is 2. The molecule has 35 nitrogen and oxygen atoms in total. The van der Waals surface area contributed by atoms with Gasteiger partial charge in [-0.2, -0.15) is 11.8 Å². The lowest BCUT2D eigenvalue weighted by Crippen LogP contribution is -2.61. The van der Waals surface area contributed by atoms with Gasteiger partial charge in [0, 0.05) is 32.4 Å². The molecule has 0 aromatic carbocycles. The van der Waals surface area contributed by atoms with Crippen molar-refractivity contribution in [1.82, 2.24) is 47.9 Å². The number of amides is 9. The molecule has 0 rings (SSSR count). The van der Waals surface area contributed by atoms with Gasteiger partial charge in [-0.3, -0.25) is 67.5 Å². The Bertz CT molecular complexity index is 2410. The fourth-order valence-electron chi connectivity index (χ4n) is 8.31. The molecule has 9 amide bonds. The van der Waals surface area contributed by atoms with Gasteiger partial charge in [0.25, 0.3) is 0 Å². The topological polar surface area (TPSA) is 612 Å². The second kappa shape index (κ2) is 44.3. The first kappa shape index (κ1) is 80.9. The van der Waals surface area contributed by atoms with Gasteiger partial charge in [-0.1, -0.05) is 34.1 Å². The van der Waals surface area contributed by atoms with Crippen LogP contribution >= 0.6 is 11.8 Å². The van der Waals surface area contributed by atoms with Crippen LogP contribution in [0.1, 0.15) is 130 Å². The van der Waals surface area contributed by atoms with Crippen molar-refractivity contribution in [3.63, 3.8) is 0 Å². The zero-order valence-electron chi connectivity index (χ0n) is 51.1. The van der Waals surface area contributed by atoms with Crippen molar-refractivity contribution in [2.24, 2.45) is 56.2 Å². The van der Waals surface area contributed by atoms with E-state index in [2.05, 4.69) is 57.8 Å². The molecule has 0 bridgehead atoms. The Morgan fingerprint density at radius 2 is 0.809 bits per heavy atom. The molecule has 0 heterocycles. The third-order valence-corrected chi connectivity index (χ3v) is 14.1. The first-order valence-electron chi connectivity index (χ1n) is 29.1. The molecule has 0 saturated carbocycles. The molecule has 506 valence electrons. The highest BCUT2D eigenvalue weighted by Gasteiger charge is 2.37. The van der Waals surface area contributed by atoms with E-state index in [-0.39, 0.29) is 88.8 Å². The van der Waals surface area contributed by atoms with Crippen LogP contribution in [0.15, 0.2) is 9.98 Å². The Morgan fingerprint density at radius 1 is 0.449 bits per heavy atom. The Balaban J connectivity index is 6.99. The fraction of sp³-hybridized carbons (Fsp3) is 0.717. The number of guanidine groups is 2. The monoisotopic (exact) mass is 1290 g/mol. The number of aliphatic carboxylic acids is 4. The zero-order chi connectivity index (χ0) is 67.9. The number of aliphatic hydroxyl groups is 1. The van der Waals surface area contributed by atoms with Gasteiger partial charge in [-0.15, -0.1) is 0 Å². The van der Waals surface area contributed by atoms with Gasteiger partial charge in [0.1, 0.15) is 54.4 Å². The summed E-state index contributed by atoms with van der Waals surface area (Å²) in [5.74, 6) is -16.2. The smallest absolute Gasteiger partial charge is 0.326 e. The molecule has 0 aliphatic heterocycles. The van der Waals surface area contributed by atoms with Crippen LogP contribution in [0.25, 0.3) is 0 Å². The van der Waals surface area contributed by atoms with Crippen molar-refractivity contribution in [1.29, 1.82) is 0 Å². The third kappa shape index (κ3) is 34.9. The molecule has 0 aromatic rings. The first-order valence-corrected chi connectivity index (χ1v) is 30.5. The van der Waals surface area contributed by atoms with E-state index >= 15 is 0 Å². The van der Waals surface area contributed by atoms with E-state index in [1.165, 1.54) is 18.7 Å². The van der Waals surface area contributed by atoms with Gasteiger partial charge in [-0.25, -0.2) is 4.79 Å². The second-order valence-corrected chi connectivity index (χ2v) is 22.4. The number of hydrogen-bond acceptors (Lipinski definition) is 19. The summed E-state index contributed by atoms with van der Waals surface area (Å²) >= 11 is 1.31. The summed E-state index contributed by atoms with van der Waals surface area (Å²) < 4.78 is 0. The molecular formula is C53H95N17O18S. The maximum Gasteiger partial charge on any atom is 0.326 e. The third-order valence-electron chi connectivity index (χ3n) is 13.5. The normalized spacial score (nSPS) is 14.7. The summed E-state index contributed by atoms with van der Waals surface area (Å²) in [6, 6.07) is -15.5. The molecule has 0 aliphatic rings. The summed E-state index contributed by atoms with van der Waals surface area (Å²) in [6.07, 6.45) is -1.62. The van der Waals surface area contributed by atoms with Gasteiger partial charge < -0.3 is 108 Å². The average molecular weight is 1290 g/mol. The Hall–Kier alpha value is -8.12. The first-order chi connectivity index (χ1) is 41.8. The predicted molar refractivity (Wildman–Crippen MR) is 325 cm³/mol. The molecule has 0 unspecified atom stereocenters. The second-order valence-electron chi connectivity index (χ2n) is 21.4. The summed E-state index contributed by atoms with van der Waals surface area (Å²) in [5, 5.41) is 70.6. The van der Waals surface area contributed by atoms with E-state index in [1.807, 2.05) is 0 Å². The number of nitrogens with zero attached hydrogens (tertiary/aromatic N) is 2. The Labute approximate surface area is 520 Å². The fourth-order valence-corrected chi connectivity index (χ4v) is 8.79. The maximum atomic E-state index is 14.3. The van der Waals surface area contributed by atoms with Crippen LogP contribution in [0.2, 0.25) is 0 Å². The minimum Gasteiger partial charge on any atom is -0.481 e. The minimum atomic E-state index is -1.85. The SMILES string of the molecule is CC[C@H](C)[C@H](NC(=O)[C@H](CCC(=O)O)NC(=O)[C@H](CCC(=O)O)NC(=O)[C@H](CCCCN)NC(=O)[C@H](CO)NC(=O)[C@H](CC(C)C)NC(=O)[C@@H](N)CCCN=C(N)N)C(=O)N[C@@H](CCC(=O)O)C(=O)N[C@@H](CCCN=C(N)N)C(=O)N[C@@H](CCSC)C(=O)O. The van der Waals surface area contributed by atoms with Crippen molar-refractivity contribution in [2.45, 2.75) is 191 Å². The van der Waals surface area contributed by atoms with Crippen LogP contribution in [0, 0.1) is 11.8 Å². The van der Waals surface area contributed by atoms with Crippen molar-refractivity contribution < 1.29 is 87.9 Å². The molecule has 0 aliphatic carbocycles. The molecule has 0 spiro atoms. The number of carbonyl (C=O) groups is 13. The van der Waals surface area contributed by atoms with Crippen LogP contribution in [0.4, 0.5) is 0 Å². The van der Waals surface area contributed by atoms with Gasteiger partial charge in [-0.05, 0) is 107 Å². The number of carboxylic acids is 4. The Morgan fingerprint density at radius 3 is 1.19 bits per heavy atom. The minimum absolute atomic E-state index is 0.00454. The van der Waals surface area contributed by atoms with Crippen LogP contribution in [-0.2, 0) is 62.3 Å². The molecule has 0 aromatic heterocycles. The number of nitrogens with two attached hydrogens (primary N) is 6. The van der Waals surface area contributed by atoms with E-state index in [0.717, 1.165) is 0 Å². The van der Waals surface area contributed by atoms with E-state index in [9.17, 15) is 87.9 Å². The van der Waals surface area contributed by atoms with Crippen LogP contribution < -0.4 is 82.3 Å². The molecule has 0 radical (unpaired) electrons. The summed E-state index contributed by atoms with van der Waals surface area (Å²) in [6.45, 7) is 5.87. The van der Waals surface area contributed by atoms with Gasteiger partial charge >= 0.3 is 23.9 Å². The highest BCUT2D eigenvalue weighted by atomic mass is 32.2. The molecule has 89 heavy (non-hydrogen) atoms. The van der Waals surface area contributed by atoms with E-state index in [1.54, 1.807) is 27.0 Å². The van der Waals surface area contributed by atoms with Gasteiger partial charge in [0.2, 0.25) is 53.2 Å². The molecule has 0 saturated heterocycles. The highest BCUT2D eigenvalue weighted by molar-refractivity contribution is 7.98. The number of nitrogens with one attached hydrogen (secondary N) is 9. The molecule has 26 N–H and O–H groups in total. The van der Waals surface area contributed by atoms with E-state index in [0.29, 0.717) is 18.6 Å². The van der Waals surface area contributed by atoms with Gasteiger partial charge in [0.15, 0.2) is 11.9 Å². The lowest BCUT2D eigenvalue weighted by Gasteiger charge is -2.29. The zero-order valence-corrected chi connectivity index (χ0v) is 51.9. The molecule has 36 heteroatoms. The van der Waals surface area contributed by atoms with Crippen LogP contribution in [0.3, 0.4) is 0 Å². The van der Waals surface area contributed by atoms with Crippen LogP contribution in [0.5, 0.6) is 0 Å². The van der Waals surface area contributed by atoms with Crippen molar-refractivity contribution in [3.8, 4) is 0 Å². The van der Waals surface area contributed by atoms with E-state index in [4.69, 9.17) is 34.4 Å². The maximum absolute atomic E-state index is 14.3. The average Bonchev–Trinajstić information content (AvgIpc) is 3.07.